The summed E-state index contributed by atoms with van der Waals surface area (Å²) in [6, 6.07) is 0. The van der Waals surface area contributed by atoms with Gasteiger partial charge in [0.05, 0.1) is 36.9 Å². The second-order valence-corrected chi connectivity index (χ2v) is 4.64. The molecule has 0 spiro atoms. The summed E-state index contributed by atoms with van der Waals surface area (Å²) in [6.07, 6.45) is -5.01. The van der Waals surface area contributed by atoms with Crippen LogP contribution in [-0.4, -0.2) is 83.3 Å². The summed E-state index contributed by atoms with van der Waals surface area (Å²) in [4.78, 5) is 7.73. The lowest BCUT2D eigenvalue weighted by Gasteiger charge is -2.21. The van der Waals surface area contributed by atoms with Crippen LogP contribution in [0.1, 0.15) is 17.5 Å². The number of hydrogen-bond donors (Lipinski definition) is 7. The summed E-state index contributed by atoms with van der Waals surface area (Å²) in [5, 5.41) is 65.0. The van der Waals surface area contributed by atoms with Crippen LogP contribution in [0, 0.1) is 0 Å². The number of aliphatic hydroxyl groups is 7. The minimum absolute atomic E-state index is 0.0572. The molecule has 120 valence electrons. The highest BCUT2D eigenvalue weighted by molar-refractivity contribution is 5.09. The topological polar surface area (TPSA) is 167 Å². The van der Waals surface area contributed by atoms with Crippen LogP contribution in [0.4, 0.5) is 0 Å². The highest BCUT2D eigenvalue weighted by Crippen LogP contribution is 2.17. The number of aliphatic hydroxyl groups excluding tert-OH is 7. The highest BCUT2D eigenvalue weighted by Gasteiger charge is 2.27. The van der Waals surface area contributed by atoms with Gasteiger partial charge in [-0.2, -0.15) is 0 Å². The Labute approximate surface area is 120 Å². The van der Waals surface area contributed by atoms with E-state index in [1.165, 1.54) is 6.20 Å². The van der Waals surface area contributed by atoms with Crippen LogP contribution in [0.25, 0.3) is 0 Å². The summed E-state index contributed by atoms with van der Waals surface area (Å²) in [7, 11) is 0. The maximum absolute atomic E-state index is 9.83. The van der Waals surface area contributed by atoms with Crippen LogP contribution in [0.15, 0.2) is 12.4 Å². The van der Waals surface area contributed by atoms with Gasteiger partial charge in [0.15, 0.2) is 0 Å². The monoisotopic (exact) mass is 308 g/mol. The first kappa shape index (κ1) is 17.9. The summed E-state index contributed by atoms with van der Waals surface area (Å²) < 4.78 is 0. The van der Waals surface area contributed by atoms with Gasteiger partial charge in [0.1, 0.15) is 24.4 Å². The summed E-state index contributed by atoms with van der Waals surface area (Å²) in [6.45, 7) is -1.34. The van der Waals surface area contributed by atoms with Crippen molar-refractivity contribution in [3.63, 3.8) is 0 Å². The second kappa shape index (κ2) is 8.29. The van der Waals surface area contributed by atoms with E-state index in [0.717, 1.165) is 6.20 Å². The van der Waals surface area contributed by atoms with Crippen LogP contribution < -0.4 is 0 Å². The quantitative estimate of drug-likeness (QED) is 0.257. The largest absolute Gasteiger partial charge is 0.394 e. The molecule has 1 heterocycles. The fraction of sp³-hybridized carbons (Fsp3) is 0.667. The molecular formula is C12H20N2O7. The minimum Gasteiger partial charge on any atom is -0.394 e. The SMILES string of the molecule is OC[C@@H](O)[C@@H](O)[C@H](O)[13c]1[13cH]n[13cH][13c](C[C@H](O)[C@H](O)CO)n1. The molecule has 0 aliphatic carbocycles. The number of rotatable bonds is 8. The van der Waals surface area contributed by atoms with Gasteiger partial charge in [0.2, 0.25) is 0 Å². The van der Waals surface area contributed by atoms with Gasteiger partial charge >= 0.3 is 0 Å². The molecule has 0 amide bonds. The maximum Gasteiger partial charge on any atom is 0.126 e. The van der Waals surface area contributed by atoms with Gasteiger partial charge in [-0.3, -0.25) is 9.97 Å². The molecule has 0 aliphatic heterocycles. The Morgan fingerprint density at radius 2 is 1.48 bits per heavy atom. The molecule has 0 fully saturated rings. The lowest BCUT2D eigenvalue weighted by atomic mass is 10.1. The number of nitrogens with zero attached hydrogens (tertiary/aromatic N) is 2. The van der Waals surface area contributed by atoms with Gasteiger partial charge in [-0.1, -0.05) is 0 Å². The van der Waals surface area contributed by atoms with Gasteiger partial charge < -0.3 is 35.7 Å². The van der Waals surface area contributed by atoms with Gasteiger partial charge in [-0.05, 0) is 0 Å². The van der Waals surface area contributed by atoms with Crippen molar-refractivity contribution in [3.05, 3.63) is 23.8 Å². The molecule has 0 saturated heterocycles. The Bertz CT molecular complexity index is 434. The van der Waals surface area contributed by atoms with Crippen LogP contribution in [0.3, 0.4) is 0 Å². The van der Waals surface area contributed by atoms with Crippen molar-refractivity contribution in [2.24, 2.45) is 0 Å². The molecule has 0 bridgehead atoms. The molecule has 21 heavy (non-hydrogen) atoms. The van der Waals surface area contributed by atoms with Crippen LogP contribution >= 0.6 is 0 Å². The van der Waals surface area contributed by atoms with Crippen molar-refractivity contribution in [1.82, 2.24) is 9.97 Å². The molecule has 0 aromatic carbocycles. The lowest BCUT2D eigenvalue weighted by Crippen LogP contribution is -2.35. The lowest BCUT2D eigenvalue weighted by molar-refractivity contribution is -0.0791. The molecule has 7 N–H and O–H groups in total. The molecule has 5 atom stereocenters. The first-order valence-electron chi connectivity index (χ1n) is 6.33. The van der Waals surface area contributed by atoms with E-state index in [1.54, 1.807) is 0 Å². The van der Waals surface area contributed by atoms with Crippen LogP contribution in [0.5, 0.6) is 0 Å². The zero-order valence-corrected chi connectivity index (χ0v) is 11.2. The Balaban J connectivity index is 2.80. The zero-order valence-electron chi connectivity index (χ0n) is 11.2. The van der Waals surface area contributed by atoms with Crippen LogP contribution in [-0.2, 0) is 6.42 Å². The highest BCUT2D eigenvalue weighted by atomic mass is 16.4. The Morgan fingerprint density at radius 1 is 0.857 bits per heavy atom. The van der Waals surface area contributed by atoms with Gasteiger partial charge in [0, 0.05) is 12.6 Å². The maximum atomic E-state index is 9.83. The normalized spacial score (nSPS) is 18.8. The van der Waals surface area contributed by atoms with Crippen LogP contribution in [0.2, 0.25) is 0 Å². The van der Waals surface area contributed by atoms with Crippen molar-refractivity contribution in [1.29, 1.82) is 0 Å². The molecule has 9 nitrogen and oxygen atoms in total. The van der Waals surface area contributed by atoms with E-state index >= 15 is 0 Å². The van der Waals surface area contributed by atoms with E-state index in [0.29, 0.717) is 0 Å². The summed E-state index contributed by atoms with van der Waals surface area (Å²) in [5.74, 6) is 0. The van der Waals surface area contributed by atoms with Crippen molar-refractivity contribution < 1.29 is 35.7 Å². The van der Waals surface area contributed by atoms with Crippen molar-refractivity contribution >= 4 is 0 Å². The predicted octanol–water partition coefficient (Wildman–Crippen LogP) is -3.52. The Morgan fingerprint density at radius 3 is 2.05 bits per heavy atom. The average molecular weight is 308 g/mol. The molecule has 9 heteroatoms. The predicted molar refractivity (Wildman–Crippen MR) is 68.9 cm³/mol. The smallest absolute Gasteiger partial charge is 0.126 e. The average Bonchev–Trinajstić information content (AvgIpc) is 2.51. The van der Waals surface area contributed by atoms with E-state index in [1.807, 2.05) is 0 Å². The number of aromatic nitrogens is 2. The van der Waals surface area contributed by atoms with Crippen molar-refractivity contribution in [3.8, 4) is 0 Å². The fourth-order valence-corrected chi connectivity index (χ4v) is 1.63. The van der Waals surface area contributed by atoms with Gasteiger partial charge in [-0.15, -0.1) is 0 Å². The first-order chi connectivity index (χ1) is 9.90. The third kappa shape index (κ3) is 4.93. The third-order valence-electron chi connectivity index (χ3n) is 2.96. The molecule has 0 aliphatic rings. The van der Waals surface area contributed by atoms with Gasteiger partial charge in [-0.25, -0.2) is 0 Å². The van der Waals surface area contributed by atoms with E-state index < -0.39 is 43.7 Å². The van der Waals surface area contributed by atoms with Gasteiger partial charge in [0.25, 0.3) is 0 Å². The first-order valence-corrected chi connectivity index (χ1v) is 6.33. The number of hydrogen-bond acceptors (Lipinski definition) is 9. The second-order valence-electron chi connectivity index (χ2n) is 4.64. The molecule has 1 rings (SSSR count). The fourth-order valence-electron chi connectivity index (χ4n) is 1.63. The molecule has 0 unspecified atom stereocenters. The summed E-state index contributed by atoms with van der Waals surface area (Å²) in [5.41, 5.74) is 0.162. The van der Waals surface area contributed by atoms with E-state index in [-0.39, 0.29) is 17.8 Å². The molecule has 1 aromatic heterocycles. The molecule has 0 saturated carbocycles. The Kier molecular flexibility index (Phi) is 7.05. The minimum atomic E-state index is -1.65. The van der Waals surface area contributed by atoms with E-state index in [9.17, 15) is 25.5 Å². The van der Waals surface area contributed by atoms with E-state index in [4.69, 9.17) is 10.2 Å². The molecule has 1 aromatic rings. The molecular weight excluding hydrogens is 288 g/mol. The van der Waals surface area contributed by atoms with Crippen molar-refractivity contribution in [2.45, 2.75) is 36.9 Å². The summed E-state index contributed by atoms with van der Waals surface area (Å²) >= 11 is 0. The third-order valence-corrected chi connectivity index (χ3v) is 2.96. The van der Waals surface area contributed by atoms with Crippen molar-refractivity contribution in [2.75, 3.05) is 13.2 Å². The molecule has 0 radical (unpaired) electrons. The van der Waals surface area contributed by atoms with E-state index in [2.05, 4.69) is 9.97 Å². The standard InChI is InChI=1S/C12H20N2O7/c15-4-9(18)8(17)1-6-2-13-3-7(14-6)11(20)12(21)10(19)5-16/h2-3,8-12,15-21H,1,4-5H2/t8-,9+,10+,11+,12+/m0/s1/i2+1,3+1,6+1,7+1. The zero-order chi connectivity index (χ0) is 16.0. The Hall–Kier alpha value is -1.20.